The fourth-order valence-electron chi connectivity index (χ4n) is 3.32. The van der Waals surface area contributed by atoms with Gasteiger partial charge in [-0.1, -0.05) is 45.7 Å². The zero-order chi connectivity index (χ0) is 16.8. The molecule has 1 N–H and O–H groups in total. The first-order valence-electron chi connectivity index (χ1n) is 7.60. The fourth-order valence-corrected chi connectivity index (χ4v) is 3.80. The number of carbonyl (C=O) groups excluding carboxylic acids is 1. The van der Waals surface area contributed by atoms with Gasteiger partial charge in [-0.3, -0.25) is 4.79 Å². The van der Waals surface area contributed by atoms with Gasteiger partial charge in [-0.2, -0.15) is 0 Å². The molecule has 0 bridgehead atoms. The summed E-state index contributed by atoms with van der Waals surface area (Å²) >= 11 is 9.52. The summed E-state index contributed by atoms with van der Waals surface area (Å²) in [6, 6.07) is 13.9. The molecule has 1 atom stereocenters. The Balaban J connectivity index is 2.12. The van der Waals surface area contributed by atoms with Crippen LogP contribution >= 0.6 is 27.5 Å². The Labute approximate surface area is 150 Å². The molecule has 4 heteroatoms. The Kier molecular flexibility index (Phi) is 4.06. The van der Waals surface area contributed by atoms with Crippen LogP contribution in [0.25, 0.3) is 0 Å². The molecule has 1 unspecified atom stereocenters. The molecule has 0 aliphatic carbocycles. The van der Waals surface area contributed by atoms with E-state index in [0.717, 1.165) is 21.2 Å². The molecule has 0 radical (unpaired) electrons. The molecular formula is C19H19BrClNO. The third-order valence-electron chi connectivity index (χ3n) is 4.65. The van der Waals surface area contributed by atoms with Crippen molar-refractivity contribution in [3.63, 3.8) is 0 Å². The Bertz CT molecular complexity index is 769. The van der Waals surface area contributed by atoms with Gasteiger partial charge in [-0.25, -0.2) is 0 Å². The number of halogens is 2. The molecule has 23 heavy (non-hydrogen) atoms. The number of amides is 1. The van der Waals surface area contributed by atoms with Crippen LogP contribution in [0, 0.1) is 0 Å². The number of carbonyl (C=O) groups is 1. The molecule has 0 fully saturated rings. The minimum absolute atomic E-state index is 0.0584. The number of hydrogen-bond donors (Lipinski definition) is 1. The Morgan fingerprint density at radius 2 is 1.70 bits per heavy atom. The van der Waals surface area contributed by atoms with Crippen molar-refractivity contribution < 1.29 is 4.79 Å². The predicted molar refractivity (Wildman–Crippen MR) is 97.8 cm³/mol. The first kappa shape index (κ1) is 16.5. The predicted octanol–water partition coefficient (Wildman–Crippen LogP) is 4.97. The lowest BCUT2D eigenvalue weighted by atomic mass is 9.68. The van der Waals surface area contributed by atoms with Crippen LogP contribution < -0.4 is 5.32 Å². The molecule has 0 aromatic heterocycles. The lowest BCUT2D eigenvalue weighted by molar-refractivity contribution is -0.129. The zero-order valence-electron chi connectivity index (χ0n) is 13.4. The van der Waals surface area contributed by atoms with Crippen molar-refractivity contribution in [2.45, 2.75) is 38.1 Å². The van der Waals surface area contributed by atoms with Crippen LogP contribution in [0.4, 0.5) is 0 Å². The highest BCUT2D eigenvalue weighted by Gasteiger charge is 2.46. The maximum atomic E-state index is 12.9. The summed E-state index contributed by atoms with van der Waals surface area (Å²) in [6.45, 7) is 6.09. The monoisotopic (exact) mass is 391 g/mol. The quantitative estimate of drug-likeness (QED) is 0.768. The highest BCUT2D eigenvalue weighted by Crippen LogP contribution is 2.41. The second-order valence-electron chi connectivity index (χ2n) is 6.90. The number of fused-ring (bicyclic) bond motifs is 1. The van der Waals surface area contributed by atoms with E-state index in [9.17, 15) is 4.79 Å². The molecule has 120 valence electrons. The molecule has 2 aromatic rings. The van der Waals surface area contributed by atoms with Gasteiger partial charge in [0.15, 0.2) is 0 Å². The van der Waals surface area contributed by atoms with Crippen LogP contribution in [0.3, 0.4) is 0 Å². The van der Waals surface area contributed by atoms with E-state index in [1.54, 1.807) is 0 Å². The highest BCUT2D eigenvalue weighted by molar-refractivity contribution is 9.10. The molecule has 3 rings (SSSR count). The summed E-state index contributed by atoms with van der Waals surface area (Å²) < 4.78 is 0.990. The van der Waals surface area contributed by atoms with E-state index in [4.69, 9.17) is 11.6 Å². The summed E-state index contributed by atoms with van der Waals surface area (Å²) in [4.78, 5) is 12.9. The number of hydrogen-bond acceptors (Lipinski definition) is 1. The van der Waals surface area contributed by atoms with Crippen LogP contribution in [0.15, 0.2) is 46.9 Å². The third-order valence-corrected chi connectivity index (χ3v) is 5.39. The van der Waals surface area contributed by atoms with E-state index in [0.29, 0.717) is 11.4 Å². The summed E-state index contributed by atoms with van der Waals surface area (Å²) in [5.74, 6) is 0.0584. The first-order valence-corrected chi connectivity index (χ1v) is 8.77. The second kappa shape index (κ2) is 5.64. The average molecular weight is 393 g/mol. The molecule has 0 saturated carbocycles. The van der Waals surface area contributed by atoms with Gasteiger partial charge in [0.2, 0.25) is 5.91 Å². The van der Waals surface area contributed by atoms with E-state index >= 15 is 0 Å². The highest BCUT2D eigenvalue weighted by atomic mass is 79.9. The molecule has 2 aromatic carbocycles. The molecule has 1 heterocycles. The minimum atomic E-state index is -0.609. The molecule has 1 aliphatic heterocycles. The van der Waals surface area contributed by atoms with Crippen molar-refractivity contribution in [2.24, 2.45) is 0 Å². The van der Waals surface area contributed by atoms with Gasteiger partial charge in [0.1, 0.15) is 0 Å². The topological polar surface area (TPSA) is 29.1 Å². The number of benzene rings is 2. The lowest BCUT2D eigenvalue weighted by Gasteiger charge is -2.43. The average Bonchev–Trinajstić information content (AvgIpc) is 2.47. The second-order valence-corrected chi connectivity index (χ2v) is 8.26. The Morgan fingerprint density at radius 3 is 2.35 bits per heavy atom. The van der Waals surface area contributed by atoms with E-state index in [1.807, 2.05) is 51.1 Å². The normalized spacial score (nSPS) is 22.4. The molecule has 1 amide bonds. The summed E-state index contributed by atoms with van der Waals surface area (Å²) in [6.07, 6.45) is 0.634. The molecular weight excluding hydrogens is 374 g/mol. The van der Waals surface area contributed by atoms with Gasteiger partial charge in [0.25, 0.3) is 0 Å². The van der Waals surface area contributed by atoms with Crippen molar-refractivity contribution in [2.75, 3.05) is 0 Å². The van der Waals surface area contributed by atoms with Crippen LogP contribution in [0.5, 0.6) is 0 Å². The van der Waals surface area contributed by atoms with Gasteiger partial charge >= 0.3 is 0 Å². The smallest absolute Gasteiger partial charge is 0.231 e. The Hall–Kier alpha value is -1.32. The van der Waals surface area contributed by atoms with Gasteiger partial charge in [0.05, 0.1) is 11.0 Å². The van der Waals surface area contributed by atoms with E-state index in [2.05, 4.69) is 33.4 Å². The summed E-state index contributed by atoms with van der Waals surface area (Å²) in [5.41, 5.74) is 2.36. The summed E-state index contributed by atoms with van der Waals surface area (Å²) in [7, 11) is 0. The number of rotatable bonds is 2. The van der Waals surface area contributed by atoms with E-state index in [1.165, 1.54) is 0 Å². The van der Waals surface area contributed by atoms with Crippen LogP contribution in [0.2, 0.25) is 5.02 Å². The molecule has 0 saturated heterocycles. The third kappa shape index (κ3) is 2.92. The van der Waals surface area contributed by atoms with Crippen molar-refractivity contribution in [1.82, 2.24) is 5.32 Å². The summed E-state index contributed by atoms with van der Waals surface area (Å²) in [5, 5.41) is 3.88. The van der Waals surface area contributed by atoms with Crippen molar-refractivity contribution >= 4 is 33.4 Å². The van der Waals surface area contributed by atoms with Gasteiger partial charge < -0.3 is 5.32 Å². The minimum Gasteiger partial charge on any atom is -0.346 e. The SMILES string of the molecule is CC1(C)NC(=O)C(C)(Cc2ccc(Cl)cc2)c2cc(Br)ccc21. The number of nitrogens with one attached hydrogen (secondary N) is 1. The standard InChI is InChI=1S/C19H19BrClNO/c1-18(2)15-9-6-13(20)10-16(15)19(3,17(23)22-18)11-12-4-7-14(21)8-5-12/h4-10H,11H2,1-3H3,(H,22,23). The van der Waals surface area contributed by atoms with Gasteiger partial charge in [-0.15, -0.1) is 0 Å². The maximum Gasteiger partial charge on any atom is 0.231 e. The largest absolute Gasteiger partial charge is 0.346 e. The van der Waals surface area contributed by atoms with Crippen molar-refractivity contribution in [3.05, 3.63) is 68.7 Å². The van der Waals surface area contributed by atoms with Gasteiger partial charge in [-0.05, 0) is 68.1 Å². The first-order chi connectivity index (χ1) is 10.7. The van der Waals surface area contributed by atoms with Crippen LogP contribution in [-0.4, -0.2) is 5.91 Å². The maximum absolute atomic E-state index is 12.9. The van der Waals surface area contributed by atoms with Crippen molar-refractivity contribution in [3.8, 4) is 0 Å². The Morgan fingerprint density at radius 1 is 1.04 bits per heavy atom. The molecule has 2 nitrogen and oxygen atoms in total. The van der Waals surface area contributed by atoms with E-state index in [-0.39, 0.29) is 11.4 Å². The van der Waals surface area contributed by atoms with E-state index < -0.39 is 5.41 Å². The van der Waals surface area contributed by atoms with Gasteiger partial charge in [0, 0.05) is 9.50 Å². The van der Waals surface area contributed by atoms with Crippen molar-refractivity contribution in [1.29, 1.82) is 0 Å². The zero-order valence-corrected chi connectivity index (χ0v) is 15.8. The fraction of sp³-hybridized carbons (Fsp3) is 0.316. The molecule has 0 spiro atoms. The lowest BCUT2D eigenvalue weighted by Crippen LogP contribution is -2.56. The van der Waals surface area contributed by atoms with Crippen LogP contribution in [-0.2, 0) is 22.2 Å². The van der Waals surface area contributed by atoms with Crippen LogP contribution in [0.1, 0.15) is 37.5 Å². The molecule has 1 aliphatic rings.